The lowest BCUT2D eigenvalue weighted by atomic mass is 10.2. The molecule has 0 radical (unpaired) electrons. The van der Waals surface area contributed by atoms with E-state index in [0.717, 1.165) is 16.8 Å². The van der Waals surface area contributed by atoms with Gasteiger partial charge in [-0.2, -0.15) is 4.99 Å². The van der Waals surface area contributed by atoms with E-state index < -0.39 is 0 Å². The molecule has 88 valence electrons. The molecule has 0 bridgehead atoms. The number of hydrogen-bond acceptors (Lipinski definition) is 2. The van der Waals surface area contributed by atoms with E-state index >= 15 is 0 Å². The first-order valence-electron chi connectivity index (χ1n) is 5.59. The van der Waals surface area contributed by atoms with Crippen LogP contribution in [0.3, 0.4) is 0 Å². The Hall–Kier alpha value is -2.09. The summed E-state index contributed by atoms with van der Waals surface area (Å²) in [5.41, 5.74) is 2.92. The van der Waals surface area contributed by atoms with Gasteiger partial charge in [-0.1, -0.05) is 48.5 Å². The minimum absolute atomic E-state index is 0.583. The molecule has 3 heteroatoms. The molecule has 0 spiro atoms. The summed E-state index contributed by atoms with van der Waals surface area (Å²) in [5.74, 6) is 0.583. The van der Waals surface area contributed by atoms with Gasteiger partial charge < -0.3 is 0 Å². The number of aliphatic imine (C=N–C) groups is 2. The molecule has 0 aliphatic rings. The first-order chi connectivity index (χ1) is 8.81. The van der Waals surface area contributed by atoms with E-state index in [9.17, 15) is 0 Å². The summed E-state index contributed by atoms with van der Waals surface area (Å²) in [7, 11) is 0. The molecular weight excluding hydrogens is 240 g/mol. The largest absolute Gasteiger partial charge is 0.228 e. The molecule has 0 unspecified atom stereocenters. The van der Waals surface area contributed by atoms with Crippen LogP contribution >= 0.6 is 12.2 Å². The van der Waals surface area contributed by atoms with Crippen LogP contribution in [0.1, 0.15) is 11.1 Å². The highest BCUT2D eigenvalue weighted by atomic mass is 32.1. The predicted octanol–water partition coefficient (Wildman–Crippen LogP) is 4.18. The van der Waals surface area contributed by atoms with Gasteiger partial charge in [-0.25, -0.2) is 4.99 Å². The van der Waals surface area contributed by atoms with Gasteiger partial charge in [0.05, 0.1) is 10.8 Å². The van der Waals surface area contributed by atoms with Gasteiger partial charge in [0.2, 0.25) is 0 Å². The Balaban J connectivity index is 2.50. The van der Waals surface area contributed by atoms with E-state index in [4.69, 9.17) is 0 Å². The Labute approximate surface area is 112 Å². The van der Waals surface area contributed by atoms with Crippen molar-refractivity contribution >= 4 is 28.9 Å². The molecule has 2 rings (SSSR count). The van der Waals surface area contributed by atoms with Crippen LogP contribution in [0.4, 0.5) is 5.69 Å². The highest BCUT2D eigenvalue weighted by Gasteiger charge is 2.02. The molecule has 0 fully saturated rings. The van der Waals surface area contributed by atoms with E-state index in [1.54, 1.807) is 0 Å². The van der Waals surface area contributed by atoms with Gasteiger partial charge in [0.15, 0.2) is 5.84 Å². The van der Waals surface area contributed by atoms with Gasteiger partial charge in [-0.05, 0) is 30.8 Å². The lowest BCUT2D eigenvalue weighted by Gasteiger charge is -2.02. The van der Waals surface area contributed by atoms with Crippen molar-refractivity contribution in [2.75, 3.05) is 0 Å². The molecule has 0 aliphatic heterocycles. The highest BCUT2D eigenvalue weighted by molar-refractivity contribution is 7.78. The minimum atomic E-state index is 0.583. The van der Waals surface area contributed by atoms with Crippen LogP contribution < -0.4 is 0 Å². The fourth-order valence-corrected chi connectivity index (χ4v) is 1.67. The second-order valence-electron chi connectivity index (χ2n) is 3.79. The molecule has 2 aromatic carbocycles. The number of hydrogen-bond donors (Lipinski definition) is 0. The molecule has 0 saturated heterocycles. The van der Waals surface area contributed by atoms with E-state index in [1.165, 1.54) is 0 Å². The zero-order valence-corrected chi connectivity index (χ0v) is 10.8. The predicted molar refractivity (Wildman–Crippen MR) is 78.8 cm³/mol. The fourth-order valence-electron chi connectivity index (χ4n) is 1.59. The summed E-state index contributed by atoms with van der Waals surface area (Å²) < 4.78 is 0. The number of rotatable bonds is 2. The average molecular weight is 252 g/mol. The van der Waals surface area contributed by atoms with E-state index in [-0.39, 0.29) is 0 Å². The second-order valence-corrected chi connectivity index (χ2v) is 3.97. The Bertz CT molecular complexity index is 611. The number of amidine groups is 1. The average Bonchev–Trinajstić information content (AvgIpc) is 2.42. The Morgan fingerprint density at radius 2 is 1.67 bits per heavy atom. The third-order valence-electron chi connectivity index (χ3n) is 2.53. The van der Waals surface area contributed by atoms with Gasteiger partial charge in [-0.15, -0.1) is 0 Å². The summed E-state index contributed by atoms with van der Waals surface area (Å²) in [6.07, 6.45) is 0. The maximum absolute atomic E-state index is 4.68. The van der Waals surface area contributed by atoms with Crippen LogP contribution in [0.2, 0.25) is 0 Å². The third-order valence-corrected chi connectivity index (χ3v) is 2.62. The van der Waals surface area contributed by atoms with Crippen molar-refractivity contribution in [3.63, 3.8) is 0 Å². The van der Waals surface area contributed by atoms with Crippen molar-refractivity contribution in [1.82, 2.24) is 0 Å². The molecule has 2 nitrogen and oxygen atoms in total. The van der Waals surface area contributed by atoms with Crippen molar-refractivity contribution in [1.29, 1.82) is 0 Å². The number of benzene rings is 2. The summed E-state index contributed by atoms with van der Waals surface area (Å²) in [6.45, 7) is 2.02. The third kappa shape index (κ3) is 2.98. The lowest BCUT2D eigenvalue weighted by Crippen LogP contribution is -1.95. The van der Waals surface area contributed by atoms with E-state index in [1.807, 2.05) is 61.5 Å². The number of aryl methyl sites for hydroxylation is 1. The van der Waals surface area contributed by atoms with Crippen molar-refractivity contribution in [3.8, 4) is 0 Å². The molecule has 0 aliphatic carbocycles. The molecule has 0 aromatic heterocycles. The smallest absolute Gasteiger partial charge is 0.170 e. The zero-order chi connectivity index (χ0) is 12.8. The van der Waals surface area contributed by atoms with Crippen LogP contribution in [-0.4, -0.2) is 11.0 Å². The van der Waals surface area contributed by atoms with Gasteiger partial charge in [0, 0.05) is 5.56 Å². The van der Waals surface area contributed by atoms with Crippen LogP contribution in [0.15, 0.2) is 64.6 Å². The Morgan fingerprint density at radius 3 is 2.33 bits per heavy atom. The second kappa shape index (κ2) is 6.01. The number of isothiocyanates is 1. The van der Waals surface area contributed by atoms with Gasteiger partial charge in [0.25, 0.3) is 0 Å². The SMILES string of the molecule is Cc1ccccc1N=C(N=C=S)c1ccccc1. The van der Waals surface area contributed by atoms with Crippen molar-refractivity contribution in [2.45, 2.75) is 6.92 Å². The standard InChI is InChI=1S/C15H12N2S/c1-12-7-5-6-10-14(12)17-15(16-11-18)13-8-3-2-4-9-13/h2-10H,1H3. The Kier molecular flexibility index (Phi) is 4.13. The van der Waals surface area contributed by atoms with E-state index in [0.29, 0.717) is 5.84 Å². The first kappa shape index (κ1) is 12.4. The number of para-hydroxylation sites is 1. The van der Waals surface area contributed by atoms with Gasteiger partial charge in [0.1, 0.15) is 0 Å². The molecule has 18 heavy (non-hydrogen) atoms. The molecule has 0 atom stereocenters. The highest BCUT2D eigenvalue weighted by Crippen LogP contribution is 2.19. The van der Waals surface area contributed by atoms with Gasteiger partial charge >= 0.3 is 0 Å². The summed E-state index contributed by atoms with van der Waals surface area (Å²) in [5, 5.41) is 2.38. The molecule has 0 heterocycles. The van der Waals surface area contributed by atoms with Crippen LogP contribution in [0.5, 0.6) is 0 Å². The normalized spacial score (nSPS) is 10.8. The van der Waals surface area contributed by atoms with Crippen molar-refractivity contribution in [2.24, 2.45) is 9.98 Å². The van der Waals surface area contributed by atoms with Crippen molar-refractivity contribution < 1.29 is 0 Å². The topological polar surface area (TPSA) is 24.7 Å². The summed E-state index contributed by atoms with van der Waals surface area (Å²) >= 11 is 4.68. The van der Waals surface area contributed by atoms with Crippen LogP contribution in [-0.2, 0) is 0 Å². The summed E-state index contributed by atoms with van der Waals surface area (Å²) in [4.78, 5) is 8.58. The first-order valence-corrected chi connectivity index (χ1v) is 5.99. The van der Waals surface area contributed by atoms with Gasteiger partial charge in [-0.3, -0.25) is 0 Å². The maximum Gasteiger partial charge on any atom is 0.170 e. The minimum Gasteiger partial charge on any atom is -0.228 e. The molecule has 2 aromatic rings. The monoisotopic (exact) mass is 252 g/mol. The lowest BCUT2D eigenvalue weighted by molar-refractivity contribution is 1.38. The molecule has 0 amide bonds. The fraction of sp³-hybridized carbons (Fsp3) is 0.0667. The maximum atomic E-state index is 4.68. The van der Waals surface area contributed by atoms with Crippen LogP contribution in [0.25, 0.3) is 0 Å². The molecule has 0 N–H and O–H groups in total. The quantitative estimate of drug-likeness (QED) is 0.447. The van der Waals surface area contributed by atoms with E-state index in [2.05, 4.69) is 27.4 Å². The molecular formula is C15H12N2S. The number of thiocarbonyl (C=S) groups is 1. The Morgan fingerprint density at radius 1 is 1.00 bits per heavy atom. The van der Waals surface area contributed by atoms with Crippen molar-refractivity contribution in [3.05, 3.63) is 65.7 Å². The zero-order valence-electron chi connectivity index (χ0n) is 10.00. The van der Waals surface area contributed by atoms with Crippen LogP contribution in [0, 0.1) is 6.92 Å². The number of nitrogens with zero attached hydrogens (tertiary/aromatic N) is 2. The summed E-state index contributed by atoms with van der Waals surface area (Å²) in [6, 6.07) is 17.7. The molecule has 0 saturated carbocycles.